The maximum absolute atomic E-state index is 12.8. The Morgan fingerprint density at radius 3 is 2.61 bits per heavy atom. The second kappa shape index (κ2) is 7.95. The standard InChI is InChI=1S/C18H17N3O5S2/c1-3-8-26-11-6-4-10(5-7-11)14(22)20-21-16(23)12-9(2)13(17(24)25)28-15(12)19-18(21)27/h4-7H,3,8H2,1-2H3,(H,19,27)(H,20,22)(H,24,25). The molecule has 0 atom stereocenters. The molecule has 0 aliphatic rings. The molecule has 0 unspecified atom stereocenters. The largest absolute Gasteiger partial charge is 0.494 e. The van der Waals surface area contributed by atoms with Crippen LogP contribution in [-0.4, -0.2) is 33.2 Å². The molecule has 10 heteroatoms. The van der Waals surface area contributed by atoms with E-state index in [9.17, 15) is 19.5 Å². The van der Waals surface area contributed by atoms with Crippen LogP contribution in [0.15, 0.2) is 29.1 Å². The number of carbonyl (C=O) groups excluding carboxylic acids is 1. The SMILES string of the molecule is CCCOc1ccc(C(=O)Nn2c(=S)[nH]c3sc(C(=O)O)c(C)c3c2=O)cc1. The number of nitrogens with one attached hydrogen (secondary N) is 2. The minimum Gasteiger partial charge on any atom is -0.494 e. The number of fused-ring (bicyclic) bond motifs is 1. The summed E-state index contributed by atoms with van der Waals surface area (Å²) in [6, 6.07) is 6.49. The highest BCUT2D eigenvalue weighted by Crippen LogP contribution is 2.26. The molecule has 0 bridgehead atoms. The Morgan fingerprint density at radius 1 is 1.32 bits per heavy atom. The normalized spacial score (nSPS) is 10.8. The summed E-state index contributed by atoms with van der Waals surface area (Å²) in [4.78, 5) is 39.8. The van der Waals surface area contributed by atoms with E-state index in [1.165, 1.54) is 0 Å². The number of aromatic amines is 1. The maximum Gasteiger partial charge on any atom is 0.346 e. The fraction of sp³-hybridized carbons (Fsp3) is 0.222. The second-order valence-corrected chi connectivity index (χ2v) is 7.36. The van der Waals surface area contributed by atoms with Crippen LogP contribution in [0.5, 0.6) is 5.75 Å². The lowest BCUT2D eigenvalue weighted by Crippen LogP contribution is -2.34. The van der Waals surface area contributed by atoms with Crippen LogP contribution in [0.3, 0.4) is 0 Å². The summed E-state index contributed by atoms with van der Waals surface area (Å²) < 4.78 is 6.35. The highest BCUT2D eigenvalue weighted by atomic mass is 32.1. The number of carboxylic acids is 1. The van der Waals surface area contributed by atoms with E-state index < -0.39 is 17.4 Å². The number of thiophene rings is 1. The highest BCUT2D eigenvalue weighted by molar-refractivity contribution is 7.71. The van der Waals surface area contributed by atoms with Gasteiger partial charge in [-0.05, 0) is 55.4 Å². The maximum atomic E-state index is 12.8. The molecule has 3 rings (SSSR count). The number of hydrogen-bond donors (Lipinski definition) is 3. The molecule has 0 radical (unpaired) electrons. The van der Waals surface area contributed by atoms with Crippen molar-refractivity contribution in [1.82, 2.24) is 9.66 Å². The van der Waals surface area contributed by atoms with Crippen LogP contribution < -0.4 is 15.7 Å². The van der Waals surface area contributed by atoms with Crippen LogP contribution in [-0.2, 0) is 0 Å². The van der Waals surface area contributed by atoms with Gasteiger partial charge in [0.05, 0.1) is 12.0 Å². The number of nitrogens with zero attached hydrogens (tertiary/aromatic N) is 1. The number of carbonyl (C=O) groups is 2. The number of H-pyrrole nitrogens is 1. The molecule has 3 aromatic rings. The molecule has 1 aromatic carbocycles. The Kier molecular flexibility index (Phi) is 5.61. The monoisotopic (exact) mass is 419 g/mol. The van der Waals surface area contributed by atoms with Crippen molar-refractivity contribution in [3.63, 3.8) is 0 Å². The second-order valence-electron chi connectivity index (χ2n) is 5.95. The van der Waals surface area contributed by atoms with Gasteiger partial charge in [-0.25, -0.2) is 4.79 Å². The first kappa shape index (κ1) is 19.8. The van der Waals surface area contributed by atoms with Gasteiger partial charge >= 0.3 is 5.97 Å². The van der Waals surface area contributed by atoms with Crippen molar-refractivity contribution in [3.05, 3.63) is 55.4 Å². The van der Waals surface area contributed by atoms with Crippen LogP contribution in [0.1, 0.15) is 38.9 Å². The molecule has 0 saturated carbocycles. The minimum atomic E-state index is -1.13. The highest BCUT2D eigenvalue weighted by Gasteiger charge is 2.20. The summed E-state index contributed by atoms with van der Waals surface area (Å²) in [6.45, 7) is 4.12. The van der Waals surface area contributed by atoms with Gasteiger partial charge < -0.3 is 14.8 Å². The van der Waals surface area contributed by atoms with E-state index in [0.29, 0.717) is 28.3 Å². The zero-order valence-electron chi connectivity index (χ0n) is 15.1. The van der Waals surface area contributed by atoms with Gasteiger partial charge in [0.1, 0.15) is 15.5 Å². The number of aromatic carboxylic acids is 1. The molecule has 0 fully saturated rings. The molecule has 8 nitrogen and oxygen atoms in total. The number of hydrogen-bond acceptors (Lipinski definition) is 6. The molecule has 0 aliphatic heterocycles. The molecule has 0 aliphatic carbocycles. The smallest absolute Gasteiger partial charge is 0.346 e. The summed E-state index contributed by atoms with van der Waals surface area (Å²) in [5, 5.41) is 9.43. The lowest BCUT2D eigenvalue weighted by Gasteiger charge is -2.09. The van der Waals surface area contributed by atoms with Gasteiger partial charge in [0.15, 0.2) is 0 Å². The zero-order valence-corrected chi connectivity index (χ0v) is 16.7. The third-order valence-electron chi connectivity index (χ3n) is 3.98. The van der Waals surface area contributed by atoms with Gasteiger partial charge in [0, 0.05) is 5.56 Å². The molecule has 0 spiro atoms. The fourth-order valence-corrected chi connectivity index (χ4v) is 3.94. The third kappa shape index (κ3) is 3.69. The van der Waals surface area contributed by atoms with E-state index >= 15 is 0 Å². The van der Waals surface area contributed by atoms with E-state index in [1.54, 1.807) is 31.2 Å². The van der Waals surface area contributed by atoms with Crippen molar-refractivity contribution in [2.75, 3.05) is 12.0 Å². The predicted octanol–water partition coefficient (Wildman–Crippen LogP) is 3.30. The first-order valence-corrected chi connectivity index (χ1v) is 9.62. The molecule has 2 heterocycles. The van der Waals surface area contributed by atoms with Crippen molar-refractivity contribution in [1.29, 1.82) is 0 Å². The van der Waals surface area contributed by atoms with E-state index in [4.69, 9.17) is 17.0 Å². The Hall–Kier alpha value is -2.98. The molecule has 146 valence electrons. The number of benzene rings is 1. The van der Waals surface area contributed by atoms with Crippen LogP contribution in [0.25, 0.3) is 10.2 Å². The van der Waals surface area contributed by atoms with Crippen LogP contribution in [0.2, 0.25) is 0 Å². The van der Waals surface area contributed by atoms with Crippen LogP contribution in [0.4, 0.5) is 0 Å². The summed E-state index contributed by atoms with van der Waals surface area (Å²) in [7, 11) is 0. The Morgan fingerprint density at radius 2 is 2.00 bits per heavy atom. The lowest BCUT2D eigenvalue weighted by molar-refractivity contribution is 0.0701. The third-order valence-corrected chi connectivity index (χ3v) is 5.46. The molecule has 3 N–H and O–H groups in total. The first-order valence-electron chi connectivity index (χ1n) is 8.39. The average molecular weight is 419 g/mol. The van der Waals surface area contributed by atoms with Crippen molar-refractivity contribution >= 4 is 45.6 Å². The Labute approximate surface area is 168 Å². The molecule has 2 aromatic heterocycles. The number of amides is 1. The number of aryl methyl sites for hydroxylation is 1. The van der Waals surface area contributed by atoms with E-state index in [-0.39, 0.29) is 15.0 Å². The lowest BCUT2D eigenvalue weighted by atomic mass is 10.2. The first-order chi connectivity index (χ1) is 13.3. The van der Waals surface area contributed by atoms with Crippen LogP contribution in [0, 0.1) is 11.7 Å². The quantitative estimate of drug-likeness (QED) is 0.528. The molecular formula is C18H17N3O5S2. The van der Waals surface area contributed by atoms with Crippen molar-refractivity contribution in [3.8, 4) is 5.75 Å². The van der Waals surface area contributed by atoms with Gasteiger partial charge in [-0.1, -0.05) is 6.92 Å². The molecule has 0 saturated heterocycles. The van der Waals surface area contributed by atoms with Gasteiger partial charge in [0.2, 0.25) is 4.77 Å². The summed E-state index contributed by atoms with van der Waals surface area (Å²) in [5.41, 5.74) is 2.52. The van der Waals surface area contributed by atoms with Gasteiger partial charge in [-0.15, -0.1) is 11.3 Å². The van der Waals surface area contributed by atoms with E-state index in [1.807, 2.05) is 6.92 Å². The zero-order chi connectivity index (χ0) is 20.4. The average Bonchev–Trinajstić information content (AvgIpc) is 3.00. The Bertz CT molecular complexity index is 1170. The molecular weight excluding hydrogens is 402 g/mol. The summed E-state index contributed by atoms with van der Waals surface area (Å²) >= 11 is 6.08. The van der Waals surface area contributed by atoms with Crippen LogP contribution >= 0.6 is 23.6 Å². The topological polar surface area (TPSA) is 113 Å². The van der Waals surface area contributed by atoms with Gasteiger partial charge in [0.25, 0.3) is 11.5 Å². The summed E-state index contributed by atoms with van der Waals surface area (Å²) in [5.74, 6) is -1.02. The number of rotatable bonds is 6. The van der Waals surface area contributed by atoms with Gasteiger partial charge in [-0.3, -0.25) is 15.0 Å². The van der Waals surface area contributed by atoms with E-state index in [2.05, 4.69) is 10.4 Å². The van der Waals surface area contributed by atoms with E-state index in [0.717, 1.165) is 22.4 Å². The van der Waals surface area contributed by atoms with Gasteiger partial charge in [-0.2, -0.15) is 4.68 Å². The number of aromatic nitrogens is 2. The molecule has 1 amide bonds. The molecule has 28 heavy (non-hydrogen) atoms. The summed E-state index contributed by atoms with van der Waals surface area (Å²) in [6.07, 6.45) is 0.872. The van der Waals surface area contributed by atoms with Crippen molar-refractivity contribution < 1.29 is 19.4 Å². The minimum absolute atomic E-state index is 0.0352. The van der Waals surface area contributed by atoms with Crippen molar-refractivity contribution in [2.45, 2.75) is 20.3 Å². The predicted molar refractivity (Wildman–Crippen MR) is 109 cm³/mol. The number of ether oxygens (including phenoxy) is 1. The van der Waals surface area contributed by atoms with Crippen molar-refractivity contribution in [2.24, 2.45) is 0 Å². The number of carboxylic acid groups (broad SMARTS) is 1. The fourth-order valence-electron chi connectivity index (χ4n) is 2.61. The Balaban J connectivity index is 1.94.